The summed E-state index contributed by atoms with van der Waals surface area (Å²) in [6.07, 6.45) is 9.30. The van der Waals surface area contributed by atoms with E-state index in [1.54, 1.807) is 13.8 Å². The molecule has 3 saturated carbocycles. The first-order valence-electron chi connectivity index (χ1n) is 13.9. The molecular formula is C29H44O6. The zero-order chi connectivity index (χ0) is 25.2. The minimum absolute atomic E-state index is 0.0188. The second-order valence-corrected chi connectivity index (χ2v) is 14.0. The number of rotatable bonds is 2. The Morgan fingerprint density at radius 3 is 2.60 bits per heavy atom. The molecular weight excluding hydrogens is 444 g/mol. The molecule has 0 unspecified atom stereocenters. The summed E-state index contributed by atoms with van der Waals surface area (Å²) < 4.78 is 19.4. The normalized spacial score (nSPS) is 54.7. The van der Waals surface area contributed by atoms with Gasteiger partial charge in [-0.3, -0.25) is 4.79 Å². The average molecular weight is 489 g/mol. The van der Waals surface area contributed by atoms with Gasteiger partial charge in [-0.05, 0) is 94.3 Å². The van der Waals surface area contributed by atoms with E-state index in [1.165, 1.54) is 18.9 Å². The number of allylic oxidation sites excluding steroid dienone is 1. The van der Waals surface area contributed by atoms with Crippen LogP contribution in [-0.2, 0) is 19.0 Å². The van der Waals surface area contributed by atoms with Crippen molar-refractivity contribution >= 4 is 5.97 Å². The van der Waals surface area contributed by atoms with Crippen LogP contribution in [0, 0.1) is 34.5 Å². The fourth-order valence-electron chi connectivity index (χ4n) is 10.1. The Bertz CT molecular complexity index is 953. The molecule has 2 N–H and O–H groups in total. The van der Waals surface area contributed by atoms with Gasteiger partial charge in [0.1, 0.15) is 17.3 Å². The molecule has 2 saturated heterocycles. The molecule has 6 aliphatic rings. The van der Waals surface area contributed by atoms with E-state index in [9.17, 15) is 15.0 Å². The molecule has 0 aromatic carbocycles. The lowest BCUT2D eigenvalue weighted by Crippen LogP contribution is -2.64. The Balaban J connectivity index is 1.38. The topological polar surface area (TPSA) is 85.2 Å². The highest BCUT2D eigenvalue weighted by molar-refractivity contribution is 5.66. The molecule has 11 atom stereocenters. The van der Waals surface area contributed by atoms with E-state index >= 15 is 0 Å². The van der Waals surface area contributed by atoms with Crippen LogP contribution in [0.3, 0.4) is 0 Å². The summed E-state index contributed by atoms with van der Waals surface area (Å²) in [6, 6.07) is 0. The molecule has 0 aromatic heterocycles. The van der Waals surface area contributed by atoms with Gasteiger partial charge in [-0.1, -0.05) is 25.5 Å². The van der Waals surface area contributed by atoms with Crippen molar-refractivity contribution in [2.24, 2.45) is 34.5 Å². The fourth-order valence-corrected chi connectivity index (χ4v) is 10.1. The minimum Gasteiger partial charge on any atom is -0.459 e. The largest absolute Gasteiger partial charge is 0.459 e. The first-order valence-corrected chi connectivity index (χ1v) is 13.9. The second-order valence-electron chi connectivity index (χ2n) is 14.0. The van der Waals surface area contributed by atoms with Crippen LogP contribution in [0.5, 0.6) is 0 Å². The first kappa shape index (κ1) is 24.4. The molecule has 2 bridgehead atoms. The summed E-state index contributed by atoms with van der Waals surface area (Å²) in [6.45, 7) is 11.9. The molecule has 2 aliphatic heterocycles. The van der Waals surface area contributed by atoms with Crippen LogP contribution in [0.25, 0.3) is 0 Å². The van der Waals surface area contributed by atoms with Crippen LogP contribution in [0.15, 0.2) is 11.6 Å². The fraction of sp³-hybridized carbons (Fsp3) is 0.897. The van der Waals surface area contributed by atoms with Crippen LogP contribution in [0.2, 0.25) is 0 Å². The number of hydrogen-bond acceptors (Lipinski definition) is 6. The van der Waals surface area contributed by atoms with Crippen molar-refractivity contribution in [2.75, 3.05) is 0 Å². The maximum Gasteiger partial charge on any atom is 0.303 e. The molecule has 5 fully saturated rings. The highest BCUT2D eigenvalue weighted by Gasteiger charge is 2.76. The van der Waals surface area contributed by atoms with Gasteiger partial charge in [-0.15, -0.1) is 0 Å². The molecule has 2 heterocycles. The van der Waals surface area contributed by atoms with E-state index in [0.29, 0.717) is 24.2 Å². The van der Waals surface area contributed by atoms with Gasteiger partial charge in [0, 0.05) is 19.3 Å². The number of carbonyl (C=O) groups is 1. The minimum atomic E-state index is -1.22. The molecule has 6 nitrogen and oxygen atoms in total. The van der Waals surface area contributed by atoms with Crippen molar-refractivity contribution in [1.29, 1.82) is 0 Å². The molecule has 0 spiro atoms. The molecule has 6 heteroatoms. The van der Waals surface area contributed by atoms with Crippen molar-refractivity contribution in [3.8, 4) is 0 Å². The summed E-state index contributed by atoms with van der Waals surface area (Å²) in [5.74, 6) is 0.336. The Morgan fingerprint density at radius 2 is 1.91 bits per heavy atom. The summed E-state index contributed by atoms with van der Waals surface area (Å²) in [4.78, 5) is 12.1. The third-order valence-corrected chi connectivity index (χ3v) is 11.8. The maximum atomic E-state index is 12.1. The van der Waals surface area contributed by atoms with Crippen molar-refractivity contribution in [2.45, 2.75) is 128 Å². The van der Waals surface area contributed by atoms with Crippen molar-refractivity contribution < 1.29 is 29.2 Å². The van der Waals surface area contributed by atoms with Gasteiger partial charge in [-0.25, -0.2) is 0 Å². The van der Waals surface area contributed by atoms with Crippen LogP contribution < -0.4 is 0 Å². The first-order chi connectivity index (χ1) is 16.2. The molecule has 0 amide bonds. The van der Waals surface area contributed by atoms with Gasteiger partial charge < -0.3 is 24.4 Å². The Morgan fingerprint density at radius 1 is 1.17 bits per heavy atom. The number of carbonyl (C=O) groups excluding carboxylic acids is 1. The lowest BCUT2D eigenvalue weighted by molar-refractivity contribution is -0.384. The number of esters is 1. The average Bonchev–Trinajstić information content (AvgIpc) is 3.17. The number of hydrogen-bond donors (Lipinski definition) is 2. The second kappa shape index (κ2) is 7.33. The van der Waals surface area contributed by atoms with Gasteiger partial charge in [-0.2, -0.15) is 0 Å². The van der Waals surface area contributed by atoms with Gasteiger partial charge >= 0.3 is 5.97 Å². The standard InChI is InChI=1S/C29H44O6/c1-16(30)33-23-15-29(25(2,3)32)34-22-14-21-19-8-7-17-13-18(31)9-11-26(17,4)20(19)10-12-27(21,5)24(22)28(23,6)35-29/h7,18-24,31-32H,8-15H2,1-6H3/t18-,19+,20-,21-,22-,23-,24-,26-,27-,28-,29-/m0/s1. The zero-order valence-corrected chi connectivity index (χ0v) is 22.3. The molecule has 35 heavy (non-hydrogen) atoms. The highest BCUT2D eigenvalue weighted by atomic mass is 16.8. The van der Waals surface area contributed by atoms with E-state index in [0.717, 1.165) is 38.5 Å². The lowest BCUT2D eigenvalue weighted by Gasteiger charge is -2.59. The van der Waals surface area contributed by atoms with E-state index in [4.69, 9.17) is 14.2 Å². The third-order valence-electron chi connectivity index (χ3n) is 11.8. The quantitative estimate of drug-likeness (QED) is 0.439. The van der Waals surface area contributed by atoms with Crippen LogP contribution in [0.4, 0.5) is 0 Å². The summed E-state index contributed by atoms with van der Waals surface area (Å²) in [7, 11) is 0. The molecule has 4 aliphatic carbocycles. The zero-order valence-electron chi connectivity index (χ0n) is 22.3. The number of aliphatic hydroxyl groups is 2. The predicted molar refractivity (Wildman–Crippen MR) is 130 cm³/mol. The Labute approximate surface area is 209 Å². The van der Waals surface area contributed by atoms with Crippen molar-refractivity contribution in [3.05, 3.63) is 11.6 Å². The number of aliphatic hydroxyl groups excluding tert-OH is 1. The van der Waals surface area contributed by atoms with E-state index in [1.807, 2.05) is 0 Å². The number of fused-ring (bicyclic) bond motifs is 10. The smallest absolute Gasteiger partial charge is 0.303 e. The van der Waals surface area contributed by atoms with E-state index in [-0.39, 0.29) is 34.9 Å². The van der Waals surface area contributed by atoms with E-state index < -0.39 is 23.1 Å². The van der Waals surface area contributed by atoms with Crippen molar-refractivity contribution in [1.82, 2.24) is 0 Å². The monoisotopic (exact) mass is 488 g/mol. The molecule has 6 rings (SSSR count). The molecule has 0 aromatic rings. The van der Waals surface area contributed by atoms with Crippen LogP contribution >= 0.6 is 0 Å². The molecule has 0 radical (unpaired) electrons. The van der Waals surface area contributed by atoms with Gasteiger partial charge in [0.25, 0.3) is 0 Å². The summed E-state index contributed by atoms with van der Waals surface area (Å²) in [5.41, 5.74) is -0.223. The Hall–Kier alpha value is -0.950. The van der Waals surface area contributed by atoms with Crippen molar-refractivity contribution in [3.63, 3.8) is 0 Å². The highest BCUT2D eigenvalue weighted by Crippen LogP contribution is 2.72. The lowest BCUT2D eigenvalue weighted by atomic mass is 9.46. The SMILES string of the molecule is CC(=O)O[C@H]1C[C@]2(C(C)(C)O)O[C@H]3C[C@H]4[C@@H]5CC=C6C[C@@H](O)CC[C@]6(C)[C@H]5CC[C@]4(C)[C@H]3[C@@]1(C)O2. The predicted octanol–water partition coefficient (Wildman–Crippen LogP) is 4.51. The van der Waals surface area contributed by atoms with E-state index in [2.05, 4.69) is 26.8 Å². The van der Waals surface area contributed by atoms with Gasteiger partial charge in [0.2, 0.25) is 5.79 Å². The number of ether oxygens (including phenoxy) is 3. The molecule has 196 valence electrons. The summed E-state index contributed by atoms with van der Waals surface area (Å²) in [5, 5.41) is 21.5. The van der Waals surface area contributed by atoms with Gasteiger partial charge in [0.05, 0.1) is 12.2 Å². The van der Waals surface area contributed by atoms with Crippen LogP contribution in [-0.4, -0.2) is 51.5 Å². The van der Waals surface area contributed by atoms with Gasteiger partial charge in [0.15, 0.2) is 0 Å². The maximum absolute atomic E-state index is 12.1. The Kier molecular flexibility index (Phi) is 5.11. The third kappa shape index (κ3) is 3.12. The summed E-state index contributed by atoms with van der Waals surface area (Å²) >= 11 is 0. The van der Waals surface area contributed by atoms with Crippen LogP contribution in [0.1, 0.15) is 92.9 Å².